The number of methoxy groups -OCH3 is 1. The minimum atomic E-state index is 0.0824. The molecule has 0 amide bonds. The van der Waals surface area contributed by atoms with Gasteiger partial charge in [-0.05, 0) is 98.1 Å². The summed E-state index contributed by atoms with van der Waals surface area (Å²) in [5.74, 6) is 1.34. The topological polar surface area (TPSA) is 46.5 Å². The number of carbonyl (C=O) groups excluding carboxylic acids is 1. The van der Waals surface area contributed by atoms with Crippen LogP contribution in [0.15, 0.2) is 48.0 Å². The maximum atomic E-state index is 13.1. The van der Waals surface area contributed by atoms with Crippen molar-refractivity contribution in [3.8, 4) is 5.75 Å². The number of Topliss-reactive ketones (excluding diaryl/α,β-unsaturated/α-hetero) is 1. The number of ketones is 1. The van der Waals surface area contributed by atoms with E-state index in [-0.39, 0.29) is 5.78 Å². The first-order valence-electron chi connectivity index (χ1n) is 11.7. The molecular formula is C29H40O3. The molecule has 174 valence electrons. The number of benzene rings is 2. The SMILES string of the molecule is C/C=C\c1cc(/C=C(\C)C(=O)c2cc(OC)ccc2C2CC2)ccc1C.CC.CCCO. The molecule has 0 bridgehead atoms. The standard InChI is InChI=1S/C24H26O2.C3H8O.C2H6/c1-5-6-20-14-18(8-7-16(20)2)13-17(3)24(25)23-15-21(26-4)11-12-22(23)19-9-10-19;1-2-3-4;1-2/h5-8,11-15,19H,9-10H2,1-4H3;4H,2-3H2,1H3;1-2H3/b6-5-,17-13+;;. The third-order valence-electron chi connectivity index (χ3n) is 5.14. The number of hydrogen-bond acceptors (Lipinski definition) is 3. The van der Waals surface area contributed by atoms with Crippen LogP contribution in [0.1, 0.15) is 92.4 Å². The van der Waals surface area contributed by atoms with Crippen LogP contribution in [0, 0.1) is 6.92 Å². The summed E-state index contributed by atoms with van der Waals surface area (Å²) >= 11 is 0. The fourth-order valence-corrected chi connectivity index (χ4v) is 3.25. The molecule has 1 aliphatic carbocycles. The summed E-state index contributed by atoms with van der Waals surface area (Å²) in [4.78, 5) is 13.1. The number of aliphatic hydroxyl groups excluding tert-OH is 1. The van der Waals surface area contributed by atoms with E-state index in [1.807, 2.05) is 65.0 Å². The number of ether oxygens (including phenoxy) is 1. The summed E-state index contributed by atoms with van der Waals surface area (Å²) in [6.07, 6.45) is 9.31. The highest BCUT2D eigenvalue weighted by molar-refractivity contribution is 6.12. The number of hydrogen-bond donors (Lipinski definition) is 1. The molecule has 1 saturated carbocycles. The molecule has 1 aliphatic rings. The van der Waals surface area contributed by atoms with Gasteiger partial charge in [-0.1, -0.05) is 51.1 Å². The quantitative estimate of drug-likeness (QED) is 0.359. The van der Waals surface area contributed by atoms with Gasteiger partial charge >= 0.3 is 0 Å². The van der Waals surface area contributed by atoms with Gasteiger partial charge in [-0.15, -0.1) is 0 Å². The molecule has 2 aromatic carbocycles. The summed E-state index contributed by atoms with van der Waals surface area (Å²) in [6.45, 7) is 12.3. The average molecular weight is 437 g/mol. The molecule has 0 radical (unpaired) electrons. The van der Waals surface area contributed by atoms with Gasteiger partial charge in [-0.3, -0.25) is 4.79 Å². The first-order chi connectivity index (χ1) is 15.4. The predicted molar refractivity (Wildman–Crippen MR) is 138 cm³/mol. The first-order valence-corrected chi connectivity index (χ1v) is 11.7. The highest BCUT2D eigenvalue weighted by atomic mass is 16.5. The average Bonchev–Trinajstić information content (AvgIpc) is 3.67. The van der Waals surface area contributed by atoms with E-state index in [0.29, 0.717) is 12.5 Å². The summed E-state index contributed by atoms with van der Waals surface area (Å²) < 4.78 is 5.33. The van der Waals surface area contributed by atoms with Crippen molar-refractivity contribution < 1.29 is 14.6 Å². The van der Waals surface area contributed by atoms with Crippen LogP contribution in [0.25, 0.3) is 12.2 Å². The fourth-order valence-electron chi connectivity index (χ4n) is 3.25. The third kappa shape index (κ3) is 8.12. The van der Waals surface area contributed by atoms with Gasteiger partial charge in [0.25, 0.3) is 0 Å². The molecule has 3 nitrogen and oxygen atoms in total. The van der Waals surface area contributed by atoms with Crippen LogP contribution in [0.5, 0.6) is 5.75 Å². The summed E-state index contributed by atoms with van der Waals surface area (Å²) in [7, 11) is 1.64. The lowest BCUT2D eigenvalue weighted by atomic mass is 9.94. The van der Waals surface area contributed by atoms with Gasteiger partial charge < -0.3 is 9.84 Å². The molecule has 0 atom stereocenters. The Morgan fingerprint density at radius 3 is 2.34 bits per heavy atom. The lowest BCUT2D eigenvalue weighted by molar-refractivity contribution is 0.103. The Morgan fingerprint density at radius 2 is 1.81 bits per heavy atom. The van der Waals surface area contributed by atoms with Gasteiger partial charge in [0.15, 0.2) is 5.78 Å². The number of allylic oxidation sites excluding steroid dienone is 2. The van der Waals surface area contributed by atoms with Crippen LogP contribution in [-0.2, 0) is 0 Å². The lowest BCUT2D eigenvalue weighted by Crippen LogP contribution is -2.05. The van der Waals surface area contributed by atoms with Crippen molar-refractivity contribution >= 4 is 17.9 Å². The Hall–Kier alpha value is -2.65. The van der Waals surface area contributed by atoms with E-state index in [1.165, 1.54) is 24.0 Å². The molecule has 32 heavy (non-hydrogen) atoms. The second-order valence-electron chi connectivity index (χ2n) is 7.72. The van der Waals surface area contributed by atoms with E-state index >= 15 is 0 Å². The molecule has 1 fully saturated rings. The number of aryl methyl sites for hydroxylation is 1. The molecule has 2 aromatic rings. The smallest absolute Gasteiger partial charge is 0.189 e. The minimum absolute atomic E-state index is 0.0824. The minimum Gasteiger partial charge on any atom is -0.497 e. The van der Waals surface area contributed by atoms with Crippen LogP contribution in [0.3, 0.4) is 0 Å². The molecule has 0 aliphatic heterocycles. The van der Waals surface area contributed by atoms with Crippen molar-refractivity contribution in [2.45, 2.75) is 66.7 Å². The number of rotatable bonds is 7. The summed E-state index contributed by atoms with van der Waals surface area (Å²) in [5.41, 5.74) is 6.14. The highest BCUT2D eigenvalue weighted by Gasteiger charge is 2.28. The maximum absolute atomic E-state index is 13.1. The van der Waals surface area contributed by atoms with Gasteiger partial charge in [-0.2, -0.15) is 0 Å². The molecule has 3 heteroatoms. The van der Waals surface area contributed by atoms with Gasteiger partial charge in [0.2, 0.25) is 0 Å². The third-order valence-corrected chi connectivity index (χ3v) is 5.14. The molecule has 0 unspecified atom stereocenters. The zero-order valence-electron chi connectivity index (χ0n) is 20.9. The Morgan fingerprint density at radius 1 is 1.16 bits per heavy atom. The molecule has 0 heterocycles. The summed E-state index contributed by atoms with van der Waals surface area (Å²) in [6, 6.07) is 12.2. The zero-order chi connectivity index (χ0) is 24.1. The second-order valence-corrected chi connectivity index (χ2v) is 7.72. The van der Waals surface area contributed by atoms with Crippen LogP contribution in [-0.4, -0.2) is 24.6 Å². The van der Waals surface area contributed by atoms with Crippen molar-refractivity contribution in [1.82, 2.24) is 0 Å². The number of carbonyl (C=O) groups is 1. The van der Waals surface area contributed by atoms with E-state index in [9.17, 15) is 4.79 Å². The predicted octanol–water partition coefficient (Wildman–Crippen LogP) is 7.62. The highest BCUT2D eigenvalue weighted by Crippen LogP contribution is 2.43. The van der Waals surface area contributed by atoms with Crippen LogP contribution >= 0.6 is 0 Å². The van der Waals surface area contributed by atoms with Crippen molar-refractivity contribution in [2.24, 2.45) is 0 Å². The van der Waals surface area contributed by atoms with E-state index in [1.54, 1.807) is 7.11 Å². The van der Waals surface area contributed by atoms with Crippen molar-refractivity contribution in [3.05, 3.63) is 75.9 Å². The lowest BCUT2D eigenvalue weighted by Gasteiger charge is -2.11. The van der Waals surface area contributed by atoms with E-state index in [0.717, 1.165) is 34.4 Å². The maximum Gasteiger partial charge on any atom is 0.189 e. The second kappa shape index (κ2) is 14.4. The van der Waals surface area contributed by atoms with Gasteiger partial charge in [0.1, 0.15) is 5.75 Å². The molecule has 3 rings (SSSR count). The number of aliphatic hydroxyl groups is 1. The largest absolute Gasteiger partial charge is 0.497 e. The Labute approximate surface area is 194 Å². The Kier molecular flexibility index (Phi) is 12.3. The van der Waals surface area contributed by atoms with Crippen molar-refractivity contribution in [2.75, 3.05) is 13.7 Å². The van der Waals surface area contributed by atoms with E-state index in [2.05, 4.69) is 31.2 Å². The Bertz CT molecular complexity index is 916. The van der Waals surface area contributed by atoms with Gasteiger partial charge in [-0.25, -0.2) is 0 Å². The fraction of sp³-hybridized carbons (Fsp3) is 0.414. The molecule has 0 saturated heterocycles. The normalized spacial score (nSPS) is 13.1. The van der Waals surface area contributed by atoms with Gasteiger partial charge in [0.05, 0.1) is 7.11 Å². The van der Waals surface area contributed by atoms with Crippen LogP contribution in [0.4, 0.5) is 0 Å². The van der Waals surface area contributed by atoms with E-state index < -0.39 is 0 Å². The van der Waals surface area contributed by atoms with Crippen LogP contribution in [0.2, 0.25) is 0 Å². The molecule has 0 aromatic heterocycles. The Balaban J connectivity index is 0.000000769. The van der Waals surface area contributed by atoms with Gasteiger partial charge in [0, 0.05) is 12.2 Å². The molecule has 0 spiro atoms. The molecule has 1 N–H and O–H groups in total. The van der Waals surface area contributed by atoms with E-state index in [4.69, 9.17) is 9.84 Å². The van der Waals surface area contributed by atoms with Crippen molar-refractivity contribution in [3.63, 3.8) is 0 Å². The summed E-state index contributed by atoms with van der Waals surface area (Å²) in [5, 5.41) is 7.88. The zero-order valence-corrected chi connectivity index (χ0v) is 20.9. The monoisotopic (exact) mass is 436 g/mol. The molecular weight excluding hydrogens is 396 g/mol. The van der Waals surface area contributed by atoms with Crippen molar-refractivity contribution in [1.29, 1.82) is 0 Å². The van der Waals surface area contributed by atoms with Crippen LogP contribution < -0.4 is 4.74 Å². The first kappa shape index (κ1) is 27.4.